The van der Waals surface area contributed by atoms with E-state index in [2.05, 4.69) is 29.6 Å². The van der Waals surface area contributed by atoms with Crippen LogP contribution in [0.1, 0.15) is 26.5 Å². The first-order valence-electron chi connectivity index (χ1n) is 3.49. The predicted molar refractivity (Wildman–Crippen MR) is 50.5 cm³/mol. The van der Waals surface area contributed by atoms with Crippen molar-refractivity contribution in [1.29, 1.82) is 0 Å². The van der Waals surface area contributed by atoms with Crippen LogP contribution < -0.4 is 0 Å². The molecule has 0 aromatic carbocycles. The number of thiol groups is 1. The minimum atomic E-state index is 0.820. The van der Waals surface area contributed by atoms with Crippen molar-refractivity contribution in [3.63, 3.8) is 0 Å². The number of nitrogens with zero attached hydrogens (tertiary/aromatic N) is 2. The first kappa shape index (κ1) is 10.1. The van der Waals surface area contributed by atoms with Crippen molar-refractivity contribution in [3.8, 4) is 11.8 Å². The maximum atomic E-state index is 4.03. The van der Waals surface area contributed by atoms with Crippen LogP contribution in [-0.4, -0.2) is 8.96 Å². The van der Waals surface area contributed by atoms with Crippen LogP contribution in [0.5, 0.6) is 0 Å². The van der Waals surface area contributed by atoms with Crippen molar-refractivity contribution >= 4 is 12.8 Å². The molecule has 0 spiro atoms. The van der Waals surface area contributed by atoms with Gasteiger partial charge >= 0.3 is 0 Å². The highest BCUT2D eigenvalue weighted by atomic mass is 32.1. The molecule has 0 fully saturated rings. The largest absolute Gasteiger partial charge is 0.268 e. The number of hydrogen-bond acceptors (Lipinski definition) is 2. The third-order valence-electron chi connectivity index (χ3n) is 0.873. The molecule has 0 amide bonds. The Kier molecular flexibility index (Phi) is 5.40. The Balaban J connectivity index is 0.000000461. The van der Waals surface area contributed by atoms with E-state index in [4.69, 9.17) is 0 Å². The van der Waals surface area contributed by atoms with Gasteiger partial charge in [-0.2, -0.15) is 0 Å². The summed E-state index contributed by atoms with van der Waals surface area (Å²) in [6.45, 7) is 5.78. The maximum absolute atomic E-state index is 4.03. The smallest absolute Gasteiger partial charge is 0.122 e. The van der Waals surface area contributed by atoms with Gasteiger partial charge in [0.2, 0.25) is 0 Å². The highest BCUT2D eigenvalue weighted by molar-refractivity contribution is 7.78. The molecule has 0 aliphatic rings. The second kappa shape index (κ2) is 5.87. The van der Waals surface area contributed by atoms with Gasteiger partial charge < -0.3 is 0 Å². The Morgan fingerprint density at radius 2 is 2.18 bits per heavy atom. The Morgan fingerprint density at radius 1 is 1.55 bits per heavy atom. The van der Waals surface area contributed by atoms with Gasteiger partial charge in [-0.25, -0.2) is 4.98 Å². The molecule has 3 heteroatoms. The van der Waals surface area contributed by atoms with E-state index in [-0.39, 0.29) is 0 Å². The van der Waals surface area contributed by atoms with Crippen LogP contribution in [0.2, 0.25) is 0 Å². The summed E-state index contributed by atoms with van der Waals surface area (Å²) in [6, 6.07) is 0. The molecule has 60 valence electrons. The zero-order valence-corrected chi connectivity index (χ0v) is 7.89. The fraction of sp³-hybridized carbons (Fsp3) is 0.375. The van der Waals surface area contributed by atoms with E-state index in [9.17, 15) is 0 Å². The van der Waals surface area contributed by atoms with Gasteiger partial charge in [0.15, 0.2) is 0 Å². The lowest BCUT2D eigenvalue weighted by atomic mass is 10.5. The highest BCUT2D eigenvalue weighted by Crippen LogP contribution is 1.96. The molecule has 0 aliphatic carbocycles. The Labute approximate surface area is 73.2 Å². The van der Waals surface area contributed by atoms with E-state index >= 15 is 0 Å². The average Bonchev–Trinajstić information content (AvgIpc) is 2.42. The SMILES string of the molecule is CC.CC#Cc1cncn1S. The summed E-state index contributed by atoms with van der Waals surface area (Å²) >= 11 is 4.03. The van der Waals surface area contributed by atoms with E-state index in [0.29, 0.717) is 0 Å². The first-order valence-corrected chi connectivity index (χ1v) is 3.89. The molecule has 1 heterocycles. The summed E-state index contributed by atoms with van der Waals surface area (Å²) in [7, 11) is 0. The fourth-order valence-electron chi connectivity index (χ4n) is 0.506. The van der Waals surface area contributed by atoms with Crippen molar-refractivity contribution < 1.29 is 0 Å². The van der Waals surface area contributed by atoms with Gasteiger partial charge in [-0.05, 0) is 12.8 Å². The number of hydrogen-bond donors (Lipinski definition) is 1. The summed E-state index contributed by atoms with van der Waals surface area (Å²) in [5, 5.41) is 0. The molecule has 1 aromatic heterocycles. The van der Waals surface area contributed by atoms with Crippen molar-refractivity contribution in [3.05, 3.63) is 18.2 Å². The number of rotatable bonds is 0. The summed E-state index contributed by atoms with van der Waals surface area (Å²) in [6.07, 6.45) is 3.27. The zero-order chi connectivity index (χ0) is 8.69. The van der Waals surface area contributed by atoms with Crippen molar-refractivity contribution in [1.82, 2.24) is 8.96 Å². The molecule has 0 N–H and O–H groups in total. The van der Waals surface area contributed by atoms with E-state index in [1.807, 2.05) is 13.8 Å². The summed E-state index contributed by atoms with van der Waals surface area (Å²) in [5.74, 6) is 5.58. The van der Waals surface area contributed by atoms with Crippen LogP contribution in [0, 0.1) is 11.8 Å². The van der Waals surface area contributed by atoms with E-state index in [1.54, 1.807) is 23.4 Å². The molecule has 0 saturated heterocycles. The molecule has 1 rings (SSSR count). The Bertz CT molecular complexity index is 255. The van der Waals surface area contributed by atoms with Gasteiger partial charge in [-0.15, -0.1) is 0 Å². The van der Waals surface area contributed by atoms with Crippen molar-refractivity contribution in [2.45, 2.75) is 20.8 Å². The van der Waals surface area contributed by atoms with Crippen molar-refractivity contribution in [2.75, 3.05) is 0 Å². The predicted octanol–water partition coefficient (Wildman–Crippen LogP) is 1.97. The fourth-order valence-corrected chi connectivity index (χ4v) is 0.667. The summed E-state index contributed by atoms with van der Waals surface area (Å²) in [5.41, 5.74) is 0.820. The molecule has 0 radical (unpaired) electrons. The lowest BCUT2D eigenvalue weighted by molar-refractivity contribution is 1.23. The minimum absolute atomic E-state index is 0.820. The van der Waals surface area contributed by atoms with E-state index < -0.39 is 0 Å². The van der Waals surface area contributed by atoms with Crippen LogP contribution in [-0.2, 0) is 0 Å². The molecule has 0 saturated carbocycles. The molecule has 11 heavy (non-hydrogen) atoms. The Morgan fingerprint density at radius 3 is 2.55 bits per heavy atom. The van der Waals surface area contributed by atoms with Gasteiger partial charge in [0.05, 0.1) is 6.20 Å². The second-order valence-corrected chi connectivity index (χ2v) is 1.93. The van der Waals surface area contributed by atoms with Gasteiger partial charge in [0.1, 0.15) is 12.0 Å². The molecular weight excluding hydrogens is 156 g/mol. The summed E-state index contributed by atoms with van der Waals surface area (Å²) in [4.78, 5) is 3.82. The number of aromatic nitrogens is 2. The molecule has 0 aliphatic heterocycles. The molecular formula is C8H12N2S. The Hall–Kier alpha value is -0.880. The maximum Gasteiger partial charge on any atom is 0.122 e. The highest BCUT2D eigenvalue weighted by Gasteiger charge is 1.89. The van der Waals surface area contributed by atoms with Crippen LogP contribution >= 0.6 is 12.8 Å². The van der Waals surface area contributed by atoms with Crippen LogP contribution in [0.25, 0.3) is 0 Å². The van der Waals surface area contributed by atoms with Crippen molar-refractivity contribution in [2.24, 2.45) is 0 Å². The minimum Gasteiger partial charge on any atom is -0.268 e. The van der Waals surface area contributed by atoms with Gasteiger partial charge in [0.25, 0.3) is 0 Å². The van der Waals surface area contributed by atoms with Gasteiger partial charge in [0, 0.05) is 0 Å². The quantitative estimate of drug-likeness (QED) is 0.463. The lowest BCUT2D eigenvalue weighted by Gasteiger charge is -1.85. The third-order valence-corrected chi connectivity index (χ3v) is 1.19. The molecule has 1 aromatic rings. The monoisotopic (exact) mass is 168 g/mol. The summed E-state index contributed by atoms with van der Waals surface area (Å²) < 4.78 is 1.58. The first-order chi connectivity index (χ1) is 5.34. The topological polar surface area (TPSA) is 17.8 Å². The standard InChI is InChI=1S/C6H6N2S.C2H6/c1-2-3-6-4-7-5-8(6)9;1-2/h4-5,9H,1H3;1-2H3. The van der Waals surface area contributed by atoms with Gasteiger partial charge in [-0.3, -0.25) is 3.97 Å². The van der Waals surface area contributed by atoms with Gasteiger partial charge in [-0.1, -0.05) is 32.6 Å². The lowest BCUT2D eigenvalue weighted by Crippen LogP contribution is -1.79. The molecule has 2 nitrogen and oxygen atoms in total. The van der Waals surface area contributed by atoms with E-state index in [0.717, 1.165) is 5.69 Å². The normalized spacial score (nSPS) is 7.27. The molecule has 0 bridgehead atoms. The van der Waals surface area contributed by atoms with Crippen LogP contribution in [0.4, 0.5) is 0 Å². The molecule has 0 unspecified atom stereocenters. The second-order valence-electron chi connectivity index (χ2n) is 1.50. The van der Waals surface area contributed by atoms with E-state index in [1.165, 1.54) is 0 Å². The molecule has 0 atom stereocenters. The average molecular weight is 168 g/mol. The number of imidazole rings is 1. The van der Waals surface area contributed by atoms with Crippen LogP contribution in [0.3, 0.4) is 0 Å². The zero-order valence-electron chi connectivity index (χ0n) is 7.00. The van der Waals surface area contributed by atoms with Crippen LogP contribution in [0.15, 0.2) is 12.5 Å². The third kappa shape index (κ3) is 3.15.